The molecular formula is C24H36N2O4Si. The highest BCUT2D eigenvalue weighted by Crippen LogP contribution is 2.37. The van der Waals surface area contributed by atoms with Crippen LogP contribution in [0.3, 0.4) is 0 Å². The first-order valence-electron chi connectivity index (χ1n) is 10.6. The third kappa shape index (κ3) is 8.07. The summed E-state index contributed by atoms with van der Waals surface area (Å²) in [6, 6.07) is 7.72. The Kier molecular flexibility index (Phi) is 8.00. The van der Waals surface area contributed by atoms with Gasteiger partial charge in [-0.2, -0.15) is 0 Å². The highest BCUT2D eigenvalue weighted by molar-refractivity contribution is 6.74. The van der Waals surface area contributed by atoms with Crippen LogP contribution in [0, 0.1) is 0 Å². The average Bonchev–Trinajstić information content (AvgIpc) is 2.64. The molecule has 7 heteroatoms. The Hall–Kier alpha value is -2.25. The second-order valence-corrected chi connectivity index (χ2v) is 15.0. The van der Waals surface area contributed by atoms with Crippen LogP contribution in [0.2, 0.25) is 18.1 Å². The molecule has 1 unspecified atom stereocenters. The van der Waals surface area contributed by atoms with E-state index in [1.165, 1.54) is 0 Å². The van der Waals surface area contributed by atoms with Crippen molar-refractivity contribution in [2.45, 2.75) is 77.8 Å². The van der Waals surface area contributed by atoms with E-state index in [4.69, 9.17) is 13.9 Å². The largest absolute Gasteiger partial charge is 0.489 e. The standard InChI is InChI=1S/C24H36N2O4Si/c1-23(2,3)29-22(27)21(30-31(7,8)24(4,5)6)17-28-20-10-9-19(26-16-20)15-18-11-13-25-14-12-18/h9-14,16,21H,15,17H2,1-8H3. The van der Waals surface area contributed by atoms with Crippen molar-refractivity contribution in [1.29, 1.82) is 0 Å². The van der Waals surface area contributed by atoms with Crippen LogP contribution in [0.5, 0.6) is 5.75 Å². The van der Waals surface area contributed by atoms with Gasteiger partial charge < -0.3 is 13.9 Å². The maximum Gasteiger partial charge on any atom is 0.338 e. The molecule has 31 heavy (non-hydrogen) atoms. The lowest BCUT2D eigenvalue weighted by molar-refractivity contribution is -0.165. The predicted octanol–water partition coefficient (Wildman–Crippen LogP) is 5.18. The third-order valence-corrected chi connectivity index (χ3v) is 9.73. The van der Waals surface area contributed by atoms with E-state index in [0.29, 0.717) is 5.75 Å². The maximum absolute atomic E-state index is 12.8. The van der Waals surface area contributed by atoms with E-state index < -0.39 is 26.0 Å². The van der Waals surface area contributed by atoms with Crippen molar-refractivity contribution in [3.63, 3.8) is 0 Å². The number of pyridine rings is 2. The van der Waals surface area contributed by atoms with Gasteiger partial charge in [-0.25, -0.2) is 4.79 Å². The first-order valence-corrected chi connectivity index (χ1v) is 13.5. The SMILES string of the molecule is CC(C)(C)OC(=O)C(COc1ccc(Cc2ccncc2)nc1)O[Si](C)(C)C(C)(C)C. The zero-order valence-electron chi connectivity index (χ0n) is 20.1. The molecule has 1 atom stereocenters. The zero-order chi connectivity index (χ0) is 23.3. The maximum atomic E-state index is 12.8. The Morgan fingerprint density at radius 3 is 2.19 bits per heavy atom. The smallest absolute Gasteiger partial charge is 0.338 e. The molecular weight excluding hydrogens is 408 g/mol. The lowest BCUT2D eigenvalue weighted by Crippen LogP contribution is -2.49. The Bertz CT molecular complexity index is 841. The summed E-state index contributed by atoms with van der Waals surface area (Å²) >= 11 is 0. The normalized spacial score (nSPS) is 13.5. The highest BCUT2D eigenvalue weighted by atomic mass is 28.4. The predicted molar refractivity (Wildman–Crippen MR) is 125 cm³/mol. The van der Waals surface area contributed by atoms with E-state index in [1.807, 2.05) is 45.0 Å². The molecule has 0 aliphatic rings. The van der Waals surface area contributed by atoms with Crippen LogP contribution in [0.15, 0.2) is 42.9 Å². The van der Waals surface area contributed by atoms with Crippen LogP contribution in [0.25, 0.3) is 0 Å². The first kappa shape index (κ1) is 25.0. The molecule has 0 N–H and O–H groups in total. The average molecular weight is 445 g/mol. The molecule has 0 saturated carbocycles. The van der Waals surface area contributed by atoms with Gasteiger partial charge in [-0.05, 0) is 68.7 Å². The number of ether oxygens (including phenoxy) is 2. The van der Waals surface area contributed by atoms with Crippen molar-refractivity contribution in [1.82, 2.24) is 9.97 Å². The molecule has 2 aromatic rings. The van der Waals surface area contributed by atoms with Gasteiger partial charge in [0.25, 0.3) is 0 Å². The summed E-state index contributed by atoms with van der Waals surface area (Å²) in [5.74, 6) is 0.186. The summed E-state index contributed by atoms with van der Waals surface area (Å²) in [7, 11) is -2.20. The number of aromatic nitrogens is 2. The lowest BCUT2D eigenvalue weighted by atomic mass is 10.1. The van der Waals surface area contributed by atoms with Crippen molar-refractivity contribution >= 4 is 14.3 Å². The summed E-state index contributed by atoms with van der Waals surface area (Å²) in [5, 5.41) is -0.0383. The van der Waals surface area contributed by atoms with E-state index in [0.717, 1.165) is 17.7 Å². The van der Waals surface area contributed by atoms with Gasteiger partial charge in [-0.3, -0.25) is 9.97 Å². The van der Waals surface area contributed by atoms with Gasteiger partial charge in [0.1, 0.15) is 18.0 Å². The Morgan fingerprint density at radius 2 is 1.68 bits per heavy atom. The first-order chi connectivity index (χ1) is 14.3. The van der Waals surface area contributed by atoms with Gasteiger partial charge in [-0.15, -0.1) is 0 Å². The number of hydrogen-bond donors (Lipinski definition) is 0. The van der Waals surface area contributed by atoms with Gasteiger partial charge in [0, 0.05) is 24.5 Å². The van der Waals surface area contributed by atoms with Gasteiger partial charge >= 0.3 is 5.97 Å². The van der Waals surface area contributed by atoms with Gasteiger partial charge in [0.2, 0.25) is 0 Å². The van der Waals surface area contributed by atoms with E-state index in [1.54, 1.807) is 18.6 Å². The third-order valence-electron chi connectivity index (χ3n) is 5.25. The van der Waals surface area contributed by atoms with Crippen LogP contribution in [0.4, 0.5) is 0 Å². The fourth-order valence-corrected chi connectivity index (χ4v) is 3.76. The second-order valence-electron chi connectivity index (χ2n) is 10.2. The number of rotatable bonds is 8. The Balaban J connectivity index is 2.07. The van der Waals surface area contributed by atoms with E-state index in [9.17, 15) is 4.79 Å². The summed E-state index contributed by atoms with van der Waals surface area (Å²) in [6.45, 7) is 16.3. The van der Waals surface area contributed by atoms with Gasteiger partial charge in [0.05, 0.1) is 6.20 Å². The molecule has 0 radical (unpaired) electrons. The summed E-state index contributed by atoms with van der Waals surface area (Å²) in [4.78, 5) is 21.3. The van der Waals surface area contributed by atoms with Gasteiger partial charge in [-0.1, -0.05) is 20.8 Å². The lowest BCUT2D eigenvalue weighted by Gasteiger charge is -2.38. The van der Waals surface area contributed by atoms with Crippen LogP contribution < -0.4 is 4.74 Å². The number of carbonyl (C=O) groups is 1. The molecule has 170 valence electrons. The van der Waals surface area contributed by atoms with Crippen molar-refractivity contribution in [2.24, 2.45) is 0 Å². The van der Waals surface area contributed by atoms with Crippen LogP contribution in [0.1, 0.15) is 52.8 Å². The molecule has 2 heterocycles. The van der Waals surface area contributed by atoms with Gasteiger partial charge in [0.15, 0.2) is 14.4 Å². The quantitative estimate of drug-likeness (QED) is 0.413. The summed E-state index contributed by atoms with van der Waals surface area (Å²) < 4.78 is 17.8. The minimum Gasteiger partial charge on any atom is -0.489 e. The molecule has 0 aliphatic carbocycles. The second kappa shape index (κ2) is 9.91. The molecule has 0 aromatic carbocycles. The van der Waals surface area contributed by atoms with Crippen molar-refractivity contribution in [3.05, 3.63) is 54.1 Å². The van der Waals surface area contributed by atoms with Crippen LogP contribution in [-0.2, 0) is 20.4 Å². The molecule has 0 saturated heterocycles. The number of nitrogens with zero attached hydrogens (tertiary/aromatic N) is 2. The fraction of sp³-hybridized carbons (Fsp3) is 0.542. The summed E-state index contributed by atoms with van der Waals surface area (Å²) in [6.07, 6.45) is 5.14. The topological polar surface area (TPSA) is 70.5 Å². The Labute approximate surface area is 187 Å². The van der Waals surface area contributed by atoms with E-state index in [-0.39, 0.29) is 11.6 Å². The molecule has 0 amide bonds. The van der Waals surface area contributed by atoms with Crippen molar-refractivity contribution in [3.8, 4) is 5.75 Å². The Morgan fingerprint density at radius 1 is 1.03 bits per heavy atom. The molecule has 0 spiro atoms. The summed E-state index contributed by atoms with van der Waals surface area (Å²) in [5.41, 5.74) is 1.48. The molecule has 2 rings (SSSR count). The van der Waals surface area contributed by atoms with Crippen LogP contribution >= 0.6 is 0 Å². The van der Waals surface area contributed by atoms with Crippen molar-refractivity contribution in [2.75, 3.05) is 6.61 Å². The molecule has 0 bridgehead atoms. The van der Waals surface area contributed by atoms with Crippen molar-refractivity contribution < 1.29 is 18.7 Å². The molecule has 2 aromatic heterocycles. The zero-order valence-corrected chi connectivity index (χ0v) is 21.1. The molecule has 0 aliphatic heterocycles. The molecule has 6 nitrogen and oxygen atoms in total. The number of esters is 1. The molecule has 0 fully saturated rings. The monoisotopic (exact) mass is 444 g/mol. The minimum absolute atomic E-state index is 0.0383. The minimum atomic E-state index is -2.20. The highest BCUT2D eigenvalue weighted by Gasteiger charge is 2.42. The van der Waals surface area contributed by atoms with Crippen LogP contribution in [-0.4, -0.2) is 42.6 Å². The number of hydrogen-bond acceptors (Lipinski definition) is 6. The van der Waals surface area contributed by atoms with E-state index >= 15 is 0 Å². The van der Waals surface area contributed by atoms with E-state index in [2.05, 4.69) is 43.8 Å². The fourth-order valence-electron chi connectivity index (χ4n) is 2.53. The number of carbonyl (C=O) groups excluding carboxylic acids is 1.